The summed E-state index contributed by atoms with van der Waals surface area (Å²) in [5, 5.41) is 0. The molecule has 1 aromatic heterocycles. The molecule has 0 aliphatic rings. The Bertz CT molecular complexity index is 408. The maximum absolute atomic E-state index is 12.2. The Morgan fingerprint density at radius 1 is 1.47 bits per heavy atom. The van der Waals surface area contributed by atoms with Crippen molar-refractivity contribution in [1.82, 2.24) is 9.88 Å². The number of aromatic nitrogens is 1. The van der Waals surface area contributed by atoms with Gasteiger partial charge in [0.1, 0.15) is 0 Å². The van der Waals surface area contributed by atoms with Crippen LogP contribution >= 0.6 is 11.6 Å². The van der Waals surface area contributed by atoms with Crippen molar-refractivity contribution >= 4 is 17.5 Å². The maximum Gasteiger partial charge on any atom is 0.255 e. The number of carbonyl (C=O) groups is 1. The third-order valence-electron chi connectivity index (χ3n) is 2.45. The second-order valence-electron chi connectivity index (χ2n) is 4.08. The number of aromatic amines is 1. The summed E-state index contributed by atoms with van der Waals surface area (Å²) in [5.41, 5.74) is 0.284. The van der Waals surface area contributed by atoms with Crippen molar-refractivity contribution in [3.8, 4) is 0 Å². The zero-order chi connectivity index (χ0) is 12.8. The summed E-state index contributed by atoms with van der Waals surface area (Å²) < 4.78 is 0. The highest BCUT2D eigenvalue weighted by Gasteiger charge is 2.18. The predicted molar refractivity (Wildman–Crippen MR) is 68.6 cm³/mol. The molecule has 0 aliphatic heterocycles. The number of amides is 1. The van der Waals surface area contributed by atoms with Gasteiger partial charge in [0, 0.05) is 30.7 Å². The summed E-state index contributed by atoms with van der Waals surface area (Å²) in [4.78, 5) is 27.3. The minimum atomic E-state index is -0.210. The molecule has 0 bridgehead atoms. The van der Waals surface area contributed by atoms with Crippen LogP contribution in [-0.4, -0.2) is 34.3 Å². The SMILES string of the molecule is CC(C)N(CCCCl)C(=O)c1ccc(=O)[nH]c1. The zero-order valence-corrected chi connectivity index (χ0v) is 10.8. The van der Waals surface area contributed by atoms with Crippen molar-refractivity contribution < 1.29 is 4.79 Å². The lowest BCUT2D eigenvalue weighted by Crippen LogP contribution is -2.38. The van der Waals surface area contributed by atoms with E-state index >= 15 is 0 Å². The first-order valence-corrected chi connectivity index (χ1v) is 6.15. The van der Waals surface area contributed by atoms with E-state index in [-0.39, 0.29) is 17.5 Å². The summed E-state index contributed by atoms with van der Waals surface area (Å²) in [7, 11) is 0. The number of pyridine rings is 1. The number of carbonyl (C=O) groups excluding carboxylic acids is 1. The molecule has 0 saturated carbocycles. The molecule has 0 unspecified atom stereocenters. The van der Waals surface area contributed by atoms with E-state index in [1.54, 1.807) is 4.90 Å². The minimum Gasteiger partial charge on any atom is -0.336 e. The second kappa shape index (κ2) is 6.45. The Morgan fingerprint density at radius 3 is 2.65 bits per heavy atom. The molecule has 94 valence electrons. The van der Waals surface area contributed by atoms with Gasteiger partial charge in [-0.1, -0.05) is 0 Å². The first-order valence-electron chi connectivity index (χ1n) is 5.62. The van der Waals surface area contributed by atoms with Crippen LogP contribution < -0.4 is 5.56 Å². The third-order valence-corrected chi connectivity index (χ3v) is 2.72. The van der Waals surface area contributed by atoms with Crippen LogP contribution in [0.1, 0.15) is 30.6 Å². The topological polar surface area (TPSA) is 53.2 Å². The van der Waals surface area contributed by atoms with Gasteiger partial charge in [0.2, 0.25) is 5.56 Å². The molecule has 0 atom stereocenters. The van der Waals surface area contributed by atoms with E-state index in [0.29, 0.717) is 18.0 Å². The summed E-state index contributed by atoms with van der Waals surface area (Å²) in [5.74, 6) is 0.448. The molecule has 0 fully saturated rings. The minimum absolute atomic E-state index is 0.0821. The smallest absolute Gasteiger partial charge is 0.255 e. The van der Waals surface area contributed by atoms with Crippen LogP contribution in [0.4, 0.5) is 0 Å². The van der Waals surface area contributed by atoms with Gasteiger partial charge in [-0.05, 0) is 26.3 Å². The molecule has 5 heteroatoms. The molecule has 0 radical (unpaired) electrons. The number of nitrogens with zero attached hydrogens (tertiary/aromatic N) is 1. The number of nitrogens with one attached hydrogen (secondary N) is 1. The average molecular weight is 257 g/mol. The Morgan fingerprint density at radius 2 is 2.18 bits per heavy atom. The van der Waals surface area contributed by atoms with E-state index in [4.69, 9.17) is 11.6 Å². The van der Waals surface area contributed by atoms with Crippen LogP contribution in [0.2, 0.25) is 0 Å². The van der Waals surface area contributed by atoms with Gasteiger partial charge in [0.05, 0.1) is 5.56 Å². The lowest BCUT2D eigenvalue weighted by atomic mass is 10.2. The summed E-state index contributed by atoms with van der Waals surface area (Å²) >= 11 is 5.64. The van der Waals surface area contributed by atoms with E-state index in [2.05, 4.69) is 4.98 Å². The highest BCUT2D eigenvalue weighted by atomic mass is 35.5. The summed E-state index contributed by atoms with van der Waals surface area (Å²) in [6.07, 6.45) is 2.20. The largest absolute Gasteiger partial charge is 0.336 e. The number of hydrogen-bond donors (Lipinski definition) is 1. The lowest BCUT2D eigenvalue weighted by molar-refractivity contribution is 0.0706. The predicted octanol–water partition coefficient (Wildman–Crippen LogP) is 1.85. The van der Waals surface area contributed by atoms with Crippen molar-refractivity contribution in [2.45, 2.75) is 26.3 Å². The van der Waals surface area contributed by atoms with Gasteiger partial charge in [0.15, 0.2) is 0 Å². The zero-order valence-electron chi connectivity index (χ0n) is 10.1. The van der Waals surface area contributed by atoms with Crippen LogP contribution in [0.5, 0.6) is 0 Å². The highest BCUT2D eigenvalue weighted by Crippen LogP contribution is 2.07. The number of H-pyrrole nitrogens is 1. The first kappa shape index (κ1) is 13.8. The number of rotatable bonds is 5. The van der Waals surface area contributed by atoms with Crippen molar-refractivity contribution in [1.29, 1.82) is 0 Å². The van der Waals surface area contributed by atoms with E-state index < -0.39 is 0 Å². The molecule has 1 N–H and O–H groups in total. The summed E-state index contributed by atoms with van der Waals surface area (Å²) in [6, 6.07) is 3.00. The van der Waals surface area contributed by atoms with E-state index in [1.165, 1.54) is 18.3 Å². The number of alkyl halides is 1. The fourth-order valence-electron chi connectivity index (χ4n) is 1.53. The van der Waals surface area contributed by atoms with Crippen LogP contribution in [0, 0.1) is 0 Å². The normalized spacial score (nSPS) is 10.6. The van der Waals surface area contributed by atoms with Crippen molar-refractivity contribution in [3.05, 3.63) is 34.2 Å². The third kappa shape index (κ3) is 3.89. The summed E-state index contributed by atoms with van der Waals surface area (Å²) in [6.45, 7) is 4.54. The molecular formula is C12H17ClN2O2. The molecule has 1 aromatic rings. The molecule has 0 aliphatic carbocycles. The molecule has 0 aromatic carbocycles. The Kier molecular flexibility index (Phi) is 5.22. The van der Waals surface area contributed by atoms with Crippen LogP contribution in [0.15, 0.2) is 23.1 Å². The molecule has 17 heavy (non-hydrogen) atoms. The van der Waals surface area contributed by atoms with Crippen molar-refractivity contribution in [2.24, 2.45) is 0 Å². The molecule has 4 nitrogen and oxygen atoms in total. The van der Waals surface area contributed by atoms with Gasteiger partial charge in [0.25, 0.3) is 5.91 Å². The molecule has 0 saturated heterocycles. The van der Waals surface area contributed by atoms with Crippen LogP contribution in [0.25, 0.3) is 0 Å². The van der Waals surface area contributed by atoms with E-state index in [1.807, 2.05) is 13.8 Å². The number of hydrogen-bond acceptors (Lipinski definition) is 2. The molecule has 0 spiro atoms. The van der Waals surface area contributed by atoms with Crippen LogP contribution in [-0.2, 0) is 0 Å². The monoisotopic (exact) mass is 256 g/mol. The first-order chi connectivity index (χ1) is 8.06. The molecule has 1 heterocycles. The number of halogens is 1. The Hall–Kier alpha value is -1.29. The molecular weight excluding hydrogens is 240 g/mol. The van der Waals surface area contributed by atoms with Crippen molar-refractivity contribution in [2.75, 3.05) is 12.4 Å². The average Bonchev–Trinajstić information content (AvgIpc) is 2.29. The van der Waals surface area contributed by atoms with Crippen LogP contribution in [0.3, 0.4) is 0 Å². The van der Waals surface area contributed by atoms with Crippen molar-refractivity contribution in [3.63, 3.8) is 0 Å². The molecule has 1 amide bonds. The highest BCUT2D eigenvalue weighted by molar-refractivity contribution is 6.17. The van der Waals surface area contributed by atoms with E-state index in [0.717, 1.165) is 6.42 Å². The Balaban J connectivity index is 2.83. The standard InChI is InChI=1S/C12H17ClN2O2/c1-9(2)15(7-3-6-13)12(17)10-4-5-11(16)14-8-10/h4-5,8-9H,3,6-7H2,1-2H3,(H,14,16). The maximum atomic E-state index is 12.2. The molecule has 1 rings (SSSR count). The van der Waals surface area contributed by atoms with Gasteiger partial charge in [-0.2, -0.15) is 0 Å². The van der Waals surface area contributed by atoms with Gasteiger partial charge >= 0.3 is 0 Å². The van der Waals surface area contributed by atoms with Gasteiger partial charge in [-0.3, -0.25) is 9.59 Å². The second-order valence-corrected chi connectivity index (χ2v) is 4.45. The lowest BCUT2D eigenvalue weighted by Gasteiger charge is -2.26. The Labute approximate surface area is 106 Å². The quantitative estimate of drug-likeness (QED) is 0.818. The van der Waals surface area contributed by atoms with E-state index in [9.17, 15) is 9.59 Å². The van der Waals surface area contributed by atoms with Gasteiger partial charge in [-0.15, -0.1) is 11.6 Å². The fourth-order valence-corrected chi connectivity index (χ4v) is 1.65. The van der Waals surface area contributed by atoms with Gasteiger partial charge < -0.3 is 9.88 Å². The van der Waals surface area contributed by atoms with Gasteiger partial charge in [-0.25, -0.2) is 0 Å². The fraction of sp³-hybridized carbons (Fsp3) is 0.500.